The third-order valence-corrected chi connectivity index (χ3v) is 3.28. The van der Waals surface area contributed by atoms with Crippen LogP contribution in [0.1, 0.15) is 5.56 Å². The van der Waals surface area contributed by atoms with Crippen molar-refractivity contribution in [1.29, 1.82) is 0 Å². The number of halogens is 1. The standard InChI is InChI=1S/C16H10FN3O2/c17-12-4-2-11(3-5-12)14-8-16(21)22-15-7-10(9-19-20-18)1-6-13(14)15/h1-8H,9H2. The van der Waals surface area contributed by atoms with Gasteiger partial charge >= 0.3 is 5.63 Å². The molecule has 0 aliphatic heterocycles. The van der Waals surface area contributed by atoms with E-state index in [4.69, 9.17) is 9.95 Å². The van der Waals surface area contributed by atoms with Crippen LogP contribution in [0.15, 0.2) is 62.9 Å². The van der Waals surface area contributed by atoms with Crippen LogP contribution in [0, 0.1) is 5.82 Å². The summed E-state index contributed by atoms with van der Waals surface area (Å²) in [6.07, 6.45) is 0. The molecule has 1 aromatic heterocycles. The predicted octanol–water partition coefficient (Wildman–Crippen LogP) is 4.41. The molecule has 0 atom stereocenters. The number of azide groups is 1. The number of fused-ring (bicyclic) bond motifs is 1. The number of hydrogen-bond acceptors (Lipinski definition) is 3. The number of benzene rings is 2. The van der Waals surface area contributed by atoms with E-state index in [1.165, 1.54) is 18.2 Å². The van der Waals surface area contributed by atoms with Crippen LogP contribution in [0.25, 0.3) is 32.5 Å². The largest absolute Gasteiger partial charge is 0.423 e. The van der Waals surface area contributed by atoms with Crippen LogP contribution in [0.2, 0.25) is 0 Å². The summed E-state index contributed by atoms with van der Waals surface area (Å²) in [7, 11) is 0. The van der Waals surface area contributed by atoms with E-state index >= 15 is 0 Å². The third kappa shape index (κ3) is 2.68. The molecule has 0 amide bonds. The fourth-order valence-electron chi connectivity index (χ4n) is 2.29. The van der Waals surface area contributed by atoms with Gasteiger partial charge in [0.25, 0.3) is 0 Å². The highest BCUT2D eigenvalue weighted by Crippen LogP contribution is 2.28. The zero-order chi connectivity index (χ0) is 15.5. The molecule has 2 aromatic carbocycles. The summed E-state index contributed by atoms with van der Waals surface area (Å²) in [6, 6.07) is 12.5. The van der Waals surface area contributed by atoms with Crippen molar-refractivity contribution >= 4 is 11.0 Å². The van der Waals surface area contributed by atoms with E-state index in [2.05, 4.69) is 10.0 Å². The van der Waals surface area contributed by atoms with Crippen molar-refractivity contribution in [2.45, 2.75) is 6.54 Å². The van der Waals surface area contributed by atoms with E-state index < -0.39 is 5.63 Å². The Bertz CT molecular complexity index is 942. The molecular weight excluding hydrogens is 285 g/mol. The van der Waals surface area contributed by atoms with Gasteiger partial charge < -0.3 is 4.42 Å². The monoisotopic (exact) mass is 295 g/mol. The van der Waals surface area contributed by atoms with Crippen molar-refractivity contribution < 1.29 is 8.81 Å². The molecule has 1 heterocycles. The van der Waals surface area contributed by atoms with Gasteiger partial charge in [-0.2, -0.15) is 0 Å². The van der Waals surface area contributed by atoms with E-state index in [9.17, 15) is 9.18 Å². The van der Waals surface area contributed by atoms with Crippen LogP contribution >= 0.6 is 0 Å². The molecule has 5 nitrogen and oxygen atoms in total. The minimum absolute atomic E-state index is 0.178. The first-order valence-corrected chi connectivity index (χ1v) is 6.51. The Morgan fingerprint density at radius 1 is 1.14 bits per heavy atom. The topological polar surface area (TPSA) is 79.0 Å². The molecule has 6 heteroatoms. The van der Waals surface area contributed by atoms with Crippen LogP contribution in [0.4, 0.5) is 4.39 Å². The van der Waals surface area contributed by atoms with Crippen molar-refractivity contribution in [2.24, 2.45) is 5.11 Å². The van der Waals surface area contributed by atoms with Gasteiger partial charge in [-0.25, -0.2) is 9.18 Å². The van der Waals surface area contributed by atoms with Crippen molar-refractivity contribution in [3.05, 3.63) is 80.8 Å². The smallest absolute Gasteiger partial charge is 0.336 e. The molecule has 0 unspecified atom stereocenters. The maximum Gasteiger partial charge on any atom is 0.336 e. The average Bonchev–Trinajstić information content (AvgIpc) is 2.52. The Balaban J connectivity index is 2.20. The third-order valence-electron chi connectivity index (χ3n) is 3.28. The van der Waals surface area contributed by atoms with Crippen LogP contribution in [-0.4, -0.2) is 0 Å². The summed E-state index contributed by atoms with van der Waals surface area (Å²) in [4.78, 5) is 14.4. The lowest BCUT2D eigenvalue weighted by Crippen LogP contribution is -1.98. The second-order valence-corrected chi connectivity index (χ2v) is 4.71. The van der Waals surface area contributed by atoms with Crippen LogP contribution < -0.4 is 5.63 Å². The van der Waals surface area contributed by atoms with E-state index in [1.54, 1.807) is 30.3 Å². The van der Waals surface area contributed by atoms with Gasteiger partial charge in [-0.15, -0.1) is 0 Å². The molecule has 0 saturated heterocycles. The number of rotatable bonds is 3. The zero-order valence-electron chi connectivity index (χ0n) is 11.4. The number of nitrogens with zero attached hydrogens (tertiary/aromatic N) is 3. The highest BCUT2D eigenvalue weighted by Gasteiger charge is 2.08. The maximum absolute atomic E-state index is 13.0. The Labute approximate surface area is 124 Å². The van der Waals surface area contributed by atoms with Gasteiger partial charge in [-0.1, -0.05) is 29.4 Å². The minimum atomic E-state index is -0.493. The second-order valence-electron chi connectivity index (χ2n) is 4.71. The van der Waals surface area contributed by atoms with Gasteiger partial charge in [-0.05, 0) is 40.4 Å². The molecular formula is C16H10FN3O2. The zero-order valence-corrected chi connectivity index (χ0v) is 11.4. The average molecular weight is 295 g/mol. The summed E-state index contributed by atoms with van der Waals surface area (Å²) in [5.41, 5.74) is 10.4. The van der Waals surface area contributed by atoms with Crippen molar-refractivity contribution in [1.82, 2.24) is 0 Å². The lowest BCUT2D eigenvalue weighted by atomic mass is 10.0. The van der Waals surface area contributed by atoms with Gasteiger partial charge in [0.1, 0.15) is 11.4 Å². The van der Waals surface area contributed by atoms with Gasteiger partial charge in [0.2, 0.25) is 0 Å². The van der Waals surface area contributed by atoms with E-state index in [-0.39, 0.29) is 12.4 Å². The summed E-state index contributed by atoms with van der Waals surface area (Å²) >= 11 is 0. The van der Waals surface area contributed by atoms with Crippen molar-refractivity contribution in [3.8, 4) is 11.1 Å². The Hall–Kier alpha value is -3.11. The molecule has 0 aliphatic carbocycles. The van der Waals surface area contributed by atoms with Crippen molar-refractivity contribution in [2.75, 3.05) is 0 Å². The fraction of sp³-hybridized carbons (Fsp3) is 0.0625. The summed E-state index contributed by atoms with van der Waals surface area (Å²) < 4.78 is 18.3. The van der Waals surface area contributed by atoms with Crippen LogP contribution in [0.5, 0.6) is 0 Å². The molecule has 0 bridgehead atoms. The Morgan fingerprint density at radius 2 is 1.91 bits per heavy atom. The predicted molar refractivity (Wildman–Crippen MR) is 80.7 cm³/mol. The Kier molecular flexibility index (Phi) is 3.60. The molecule has 108 valence electrons. The molecule has 3 rings (SSSR count). The molecule has 0 spiro atoms. The number of hydrogen-bond donors (Lipinski definition) is 0. The summed E-state index contributed by atoms with van der Waals surface area (Å²) in [5.74, 6) is -0.340. The summed E-state index contributed by atoms with van der Waals surface area (Å²) in [6.45, 7) is 0.178. The first-order valence-electron chi connectivity index (χ1n) is 6.51. The van der Waals surface area contributed by atoms with E-state index in [1.807, 2.05) is 0 Å². The van der Waals surface area contributed by atoms with Gasteiger partial charge in [0, 0.05) is 16.4 Å². The van der Waals surface area contributed by atoms with Gasteiger partial charge in [0.15, 0.2) is 0 Å². The molecule has 0 fully saturated rings. The SMILES string of the molecule is [N-]=[N+]=NCc1ccc2c(-c3ccc(F)cc3)cc(=O)oc2c1. The normalized spacial score (nSPS) is 10.4. The van der Waals surface area contributed by atoms with E-state index in [0.717, 1.165) is 16.5 Å². The lowest BCUT2D eigenvalue weighted by molar-refractivity contribution is 0.561. The Morgan fingerprint density at radius 3 is 2.64 bits per heavy atom. The summed E-state index contributed by atoms with van der Waals surface area (Å²) in [5, 5.41) is 4.21. The van der Waals surface area contributed by atoms with Gasteiger partial charge in [0.05, 0.1) is 6.54 Å². The van der Waals surface area contributed by atoms with E-state index in [0.29, 0.717) is 11.1 Å². The molecule has 3 aromatic rings. The molecule has 0 radical (unpaired) electrons. The first-order chi connectivity index (χ1) is 10.7. The first kappa shape index (κ1) is 13.9. The lowest BCUT2D eigenvalue weighted by Gasteiger charge is -2.07. The van der Waals surface area contributed by atoms with Gasteiger partial charge in [-0.3, -0.25) is 0 Å². The molecule has 0 N–H and O–H groups in total. The molecule has 0 aliphatic rings. The second kappa shape index (κ2) is 5.71. The van der Waals surface area contributed by atoms with Crippen LogP contribution in [-0.2, 0) is 6.54 Å². The maximum atomic E-state index is 13.0. The minimum Gasteiger partial charge on any atom is -0.423 e. The van der Waals surface area contributed by atoms with Crippen molar-refractivity contribution in [3.63, 3.8) is 0 Å². The quantitative estimate of drug-likeness (QED) is 0.310. The molecule has 22 heavy (non-hydrogen) atoms. The fourth-order valence-corrected chi connectivity index (χ4v) is 2.29. The van der Waals surface area contributed by atoms with Crippen LogP contribution in [0.3, 0.4) is 0 Å². The highest BCUT2D eigenvalue weighted by molar-refractivity contribution is 5.93. The highest BCUT2D eigenvalue weighted by atomic mass is 19.1. The molecule has 0 saturated carbocycles.